The SMILES string of the molecule is CN(CC=Cc1ccccc1)CC1(CO)CC1. The van der Waals surface area contributed by atoms with Crippen LogP contribution < -0.4 is 0 Å². The van der Waals surface area contributed by atoms with E-state index in [2.05, 4.69) is 36.2 Å². The second-order valence-electron chi connectivity index (χ2n) is 5.17. The number of aliphatic hydroxyl groups excluding tert-OH is 1. The molecule has 2 rings (SSSR count). The summed E-state index contributed by atoms with van der Waals surface area (Å²) in [6.07, 6.45) is 6.68. The summed E-state index contributed by atoms with van der Waals surface area (Å²) in [5, 5.41) is 9.26. The van der Waals surface area contributed by atoms with Gasteiger partial charge in [-0.25, -0.2) is 0 Å². The lowest BCUT2D eigenvalue weighted by Crippen LogP contribution is -2.28. The summed E-state index contributed by atoms with van der Waals surface area (Å²) in [4.78, 5) is 2.28. The van der Waals surface area contributed by atoms with Gasteiger partial charge in [0.25, 0.3) is 0 Å². The minimum atomic E-state index is 0.218. The summed E-state index contributed by atoms with van der Waals surface area (Å²) in [5.74, 6) is 0. The van der Waals surface area contributed by atoms with E-state index in [1.165, 1.54) is 18.4 Å². The molecule has 2 nitrogen and oxygen atoms in total. The van der Waals surface area contributed by atoms with E-state index in [0.717, 1.165) is 13.1 Å². The topological polar surface area (TPSA) is 23.5 Å². The van der Waals surface area contributed by atoms with Crippen molar-refractivity contribution in [3.63, 3.8) is 0 Å². The smallest absolute Gasteiger partial charge is 0.0499 e. The third kappa shape index (κ3) is 3.69. The standard InChI is InChI=1S/C15H21NO/c1-16(12-15(13-17)9-10-15)11-5-8-14-6-3-2-4-7-14/h2-8,17H,9-13H2,1H3. The Morgan fingerprint density at radius 3 is 2.59 bits per heavy atom. The van der Waals surface area contributed by atoms with E-state index in [1.54, 1.807) is 0 Å². The summed E-state index contributed by atoms with van der Waals surface area (Å²) in [7, 11) is 2.12. The van der Waals surface area contributed by atoms with E-state index < -0.39 is 0 Å². The minimum Gasteiger partial charge on any atom is -0.396 e. The molecule has 0 saturated heterocycles. The van der Waals surface area contributed by atoms with Crippen molar-refractivity contribution in [1.29, 1.82) is 0 Å². The first-order valence-corrected chi connectivity index (χ1v) is 6.25. The van der Waals surface area contributed by atoms with Gasteiger partial charge < -0.3 is 10.0 Å². The molecule has 0 heterocycles. The van der Waals surface area contributed by atoms with E-state index in [1.807, 2.05) is 18.2 Å². The van der Waals surface area contributed by atoms with Crippen molar-refractivity contribution in [2.24, 2.45) is 5.41 Å². The van der Waals surface area contributed by atoms with E-state index in [0.29, 0.717) is 6.61 Å². The van der Waals surface area contributed by atoms with Crippen LogP contribution in [0.1, 0.15) is 18.4 Å². The molecule has 0 aromatic heterocycles. The van der Waals surface area contributed by atoms with E-state index >= 15 is 0 Å². The average Bonchev–Trinajstić information content (AvgIpc) is 3.11. The first-order chi connectivity index (χ1) is 8.24. The van der Waals surface area contributed by atoms with Crippen molar-refractivity contribution in [1.82, 2.24) is 4.90 Å². The molecule has 1 N–H and O–H groups in total. The number of aliphatic hydroxyl groups is 1. The molecule has 1 aromatic rings. The molecule has 1 aromatic carbocycles. The van der Waals surface area contributed by atoms with Crippen LogP contribution in [0.5, 0.6) is 0 Å². The Kier molecular flexibility index (Phi) is 3.97. The molecule has 1 aliphatic carbocycles. The Bertz CT molecular complexity index is 368. The summed E-state index contributed by atoms with van der Waals surface area (Å²) in [6, 6.07) is 10.3. The van der Waals surface area contributed by atoms with Crippen molar-refractivity contribution in [2.75, 3.05) is 26.7 Å². The maximum Gasteiger partial charge on any atom is 0.0499 e. The first kappa shape index (κ1) is 12.3. The molecule has 0 amide bonds. The largest absolute Gasteiger partial charge is 0.396 e. The Morgan fingerprint density at radius 2 is 2.00 bits per heavy atom. The lowest BCUT2D eigenvalue weighted by Gasteiger charge is -2.20. The average molecular weight is 231 g/mol. The summed E-state index contributed by atoms with van der Waals surface area (Å²) in [6.45, 7) is 2.28. The van der Waals surface area contributed by atoms with Gasteiger partial charge in [0.1, 0.15) is 0 Å². The summed E-state index contributed by atoms with van der Waals surface area (Å²) in [5.41, 5.74) is 1.46. The van der Waals surface area contributed by atoms with Gasteiger partial charge in [-0.05, 0) is 25.5 Å². The van der Waals surface area contributed by atoms with Crippen LogP contribution in [-0.2, 0) is 0 Å². The van der Waals surface area contributed by atoms with Crippen LogP contribution in [-0.4, -0.2) is 36.8 Å². The second kappa shape index (κ2) is 5.48. The second-order valence-corrected chi connectivity index (χ2v) is 5.17. The highest BCUT2D eigenvalue weighted by Crippen LogP contribution is 2.45. The maximum atomic E-state index is 9.26. The van der Waals surface area contributed by atoms with Crippen molar-refractivity contribution in [3.8, 4) is 0 Å². The molecule has 0 bridgehead atoms. The van der Waals surface area contributed by atoms with E-state index in [4.69, 9.17) is 0 Å². The molecule has 0 unspecified atom stereocenters. The van der Waals surface area contributed by atoms with Crippen LogP contribution in [0.4, 0.5) is 0 Å². The molecule has 0 spiro atoms. The van der Waals surface area contributed by atoms with Crippen molar-refractivity contribution < 1.29 is 5.11 Å². The number of rotatable bonds is 6. The predicted octanol–water partition coefficient (Wildman–Crippen LogP) is 2.40. The lowest BCUT2D eigenvalue weighted by molar-refractivity contribution is 0.170. The molecule has 0 atom stereocenters. The molecule has 2 heteroatoms. The Morgan fingerprint density at radius 1 is 1.29 bits per heavy atom. The molecule has 1 saturated carbocycles. The van der Waals surface area contributed by atoms with E-state index in [9.17, 15) is 5.11 Å². The fourth-order valence-corrected chi connectivity index (χ4v) is 2.11. The number of likely N-dealkylation sites (N-methyl/N-ethyl adjacent to an activating group) is 1. The zero-order valence-corrected chi connectivity index (χ0v) is 10.5. The highest BCUT2D eigenvalue weighted by atomic mass is 16.3. The molecular formula is C15H21NO. The van der Waals surface area contributed by atoms with E-state index in [-0.39, 0.29) is 5.41 Å². The van der Waals surface area contributed by atoms with Crippen LogP contribution in [0.2, 0.25) is 0 Å². The Hall–Kier alpha value is -1.12. The zero-order valence-electron chi connectivity index (χ0n) is 10.5. The van der Waals surface area contributed by atoms with Gasteiger partial charge >= 0.3 is 0 Å². The van der Waals surface area contributed by atoms with Gasteiger partial charge in [-0.15, -0.1) is 0 Å². The molecule has 92 valence electrons. The molecule has 0 aliphatic heterocycles. The first-order valence-electron chi connectivity index (χ1n) is 6.25. The normalized spacial score (nSPS) is 17.8. The number of benzene rings is 1. The molecular weight excluding hydrogens is 210 g/mol. The third-order valence-corrected chi connectivity index (χ3v) is 3.42. The fraction of sp³-hybridized carbons (Fsp3) is 0.467. The molecule has 0 radical (unpaired) electrons. The number of hydrogen-bond donors (Lipinski definition) is 1. The van der Waals surface area contributed by atoms with Gasteiger partial charge in [-0.2, -0.15) is 0 Å². The third-order valence-electron chi connectivity index (χ3n) is 3.42. The fourth-order valence-electron chi connectivity index (χ4n) is 2.11. The summed E-state index contributed by atoms with van der Waals surface area (Å²) >= 11 is 0. The van der Waals surface area contributed by atoms with Gasteiger partial charge in [0.2, 0.25) is 0 Å². The quantitative estimate of drug-likeness (QED) is 0.812. The van der Waals surface area contributed by atoms with Crippen LogP contribution in [0.3, 0.4) is 0 Å². The molecule has 1 fully saturated rings. The molecule has 1 aliphatic rings. The Labute approximate surface area is 104 Å². The highest BCUT2D eigenvalue weighted by molar-refractivity contribution is 5.48. The molecule has 17 heavy (non-hydrogen) atoms. The summed E-state index contributed by atoms with van der Waals surface area (Å²) < 4.78 is 0. The highest BCUT2D eigenvalue weighted by Gasteiger charge is 2.42. The number of hydrogen-bond acceptors (Lipinski definition) is 2. The van der Waals surface area contributed by atoms with Gasteiger partial charge in [0, 0.05) is 25.1 Å². The van der Waals surface area contributed by atoms with Crippen LogP contribution in [0.25, 0.3) is 6.08 Å². The van der Waals surface area contributed by atoms with Gasteiger partial charge in [0.05, 0.1) is 0 Å². The van der Waals surface area contributed by atoms with Crippen LogP contribution >= 0.6 is 0 Å². The van der Waals surface area contributed by atoms with Crippen LogP contribution in [0, 0.1) is 5.41 Å². The van der Waals surface area contributed by atoms with Gasteiger partial charge in [-0.3, -0.25) is 0 Å². The maximum absolute atomic E-state index is 9.26. The van der Waals surface area contributed by atoms with Crippen LogP contribution in [0.15, 0.2) is 36.4 Å². The van der Waals surface area contributed by atoms with Crippen molar-refractivity contribution >= 4 is 6.08 Å². The monoisotopic (exact) mass is 231 g/mol. The minimum absolute atomic E-state index is 0.218. The van der Waals surface area contributed by atoms with Crippen molar-refractivity contribution in [2.45, 2.75) is 12.8 Å². The lowest BCUT2D eigenvalue weighted by atomic mass is 10.1. The van der Waals surface area contributed by atoms with Crippen molar-refractivity contribution in [3.05, 3.63) is 42.0 Å². The zero-order chi connectivity index (χ0) is 12.1. The van der Waals surface area contributed by atoms with Gasteiger partial charge in [-0.1, -0.05) is 42.5 Å². The predicted molar refractivity (Wildman–Crippen MR) is 71.7 cm³/mol. The van der Waals surface area contributed by atoms with Gasteiger partial charge in [0.15, 0.2) is 0 Å². The number of nitrogens with zero attached hydrogens (tertiary/aromatic N) is 1. The Balaban J connectivity index is 1.76.